The summed E-state index contributed by atoms with van der Waals surface area (Å²) in [6, 6.07) is 15.2. The van der Waals surface area contributed by atoms with Crippen molar-refractivity contribution in [1.29, 1.82) is 5.26 Å². The van der Waals surface area contributed by atoms with Crippen LogP contribution in [0.2, 0.25) is 0 Å². The van der Waals surface area contributed by atoms with Crippen LogP contribution in [0.1, 0.15) is 47.2 Å². The molecule has 0 saturated carbocycles. The topological polar surface area (TPSA) is 88.0 Å². The predicted molar refractivity (Wildman–Crippen MR) is 109 cm³/mol. The quantitative estimate of drug-likeness (QED) is 0.621. The predicted octanol–water partition coefficient (Wildman–Crippen LogP) is 4.29. The van der Waals surface area contributed by atoms with Crippen LogP contribution >= 0.6 is 0 Å². The van der Waals surface area contributed by atoms with Crippen molar-refractivity contribution in [3.05, 3.63) is 76.6 Å². The smallest absolute Gasteiger partial charge is 0.161 e. The second-order valence-corrected chi connectivity index (χ2v) is 6.85. The molecule has 0 aliphatic carbocycles. The van der Waals surface area contributed by atoms with Gasteiger partial charge in [-0.05, 0) is 37.6 Å². The summed E-state index contributed by atoms with van der Waals surface area (Å²) in [4.78, 5) is 11.9. The summed E-state index contributed by atoms with van der Waals surface area (Å²) in [7, 11) is 1.58. The Labute approximate surface area is 170 Å². The van der Waals surface area contributed by atoms with Crippen LogP contribution < -0.4 is 9.47 Å². The number of carbonyl (C=O) groups is 1. The maximum Gasteiger partial charge on any atom is 0.161 e. The van der Waals surface area contributed by atoms with E-state index < -0.39 is 0 Å². The number of rotatable bonds is 8. The lowest BCUT2D eigenvalue weighted by molar-refractivity contribution is -0.117. The van der Waals surface area contributed by atoms with Gasteiger partial charge in [0.25, 0.3) is 0 Å². The molecule has 29 heavy (non-hydrogen) atoms. The second kappa shape index (κ2) is 9.07. The molecule has 1 unspecified atom stereocenters. The molecule has 2 aromatic carbocycles. The Kier molecular flexibility index (Phi) is 6.30. The van der Waals surface area contributed by atoms with Gasteiger partial charge in [-0.2, -0.15) is 10.4 Å². The number of nitrogens with zero attached hydrogens (tertiary/aromatic N) is 2. The highest BCUT2D eigenvalue weighted by molar-refractivity contribution is 5.77. The Hall–Kier alpha value is -3.59. The number of hydrogen-bond donors (Lipinski definition) is 1. The van der Waals surface area contributed by atoms with E-state index in [4.69, 9.17) is 9.47 Å². The van der Waals surface area contributed by atoms with Crippen LogP contribution in [-0.4, -0.2) is 23.1 Å². The van der Waals surface area contributed by atoms with Gasteiger partial charge in [-0.3, -0.25) is 9.89 Å². The summed E-state index contributed by atoms with van der Waals surface area (Å²) >= 11 is 0. The molecule has 6 heteroatoms. The van der Waals surface area contributed by atoms with Crippen molar-refractivity contribution >= 4 is 5.78 Å². The largest absolute Gasteiger partial charge is 0.493 e. The van der Waals surface area contributed by atoms with Gasteiger partial charge in [-0.1, -0.05) is 24.3 Å². The number of aromatic amines is 1. The molecule has 0 bridgehead atoms. The number of benzene rings is 2. The van der Waals surface area contributed by atoms with Gasteiger partial charge in [0, 0.05) is 29.7 Å². The van der Waals surface area contributed by atoms with E-state index in [-0.39, 0.29) is 18.3 Å². The van der Waals surface area contributed by atoms with Gasteiger partial charge < -0.3 is 9.47 Å². The lowest BCUT2D eigenvalue weighted by Gasteiger charge is -2.18. The first-order chi connectivity index (χ1) is 14.0. The van der Waals surface area contributed by atoms with E-state index in [1.165, 1.54) is 0 Å². The van der Waals surface area contributed by atoms with Crippen molar-refractivity contribution in [2.45, 2.75) is 32.8 Å². The zero-order valence-electron chi connectivity index (χ0n) is 16.7. The SMILES string of the molecule is COc1cc(C(CC(C)=O)c2c[nH]nc2C)ccc1OCc1ccccc1C#N. The molecule has 3 aromatic rings. The van der Waals surface area contributed by atoms with E-state index in [9.17, 15) is 10.1 Å². The van der Waals surface area contributed by atoms with Crippen LogP contribution in [0.5, 0.6) is 11.5 Å². The van der Waals surface area contributed by atoms with Crippen molar-refractivity contribution in [2.75, 3.05) is 7.11 Å². The molecule has 1 heterocycles. The molecule has 1 aromatic heterocycles. The van der Waals surface area contributed by atoms with Crippen LogP contribution in [-0.2, 0) is 11.4 Å². The summed E-state index contributed by atoms with van der Waals surface area (Å²) < 4.78 is 11.5. The number of aryl methyl sites for hydroxylation is 1. The number of ketones is 1. The zero-order chi connectivity index (χ0) is 20.8. The number of Topliss-reactive ketones (excluding diaryl/α,β-unsaturated/α-hetero) is 1. The van der Waals surface area contributed by atoms with Crippen molar-refractivity contribution in [2.24, 2.45) is 0 Å². The molecule has 148 valence electrons. The number of carbonyl (C=O) groups excluding carboxylic acids is 1. The van der Waals surface area contributed by atoms with E-state index in [0.29, 0.717) is 23.5 Å². The van der Waals surface area contributed by atoms with Crippen molar-refractivity contribution in [1.82, 2.24) is 10.2 Å². The van der Waals surface area contributed by atoms with E-state index in [2.05, 4.69) is 16.3 Å². The Morgan fingerprint density at radius 3 is 2.69 bits per heavy atom. The number of methoxy groups -OCH3 is 1. The minimum Gasteiger partial charge on any atom is -0.493 e. The fourth-order valence-electron chi connectivity index (χ4n) is 3.35. The summed E-state index contributed by atoms with van der Waals surface area (Å²) in [5.41, 5.74) is 4.19. The molecular weight excluding hydrogens is 366 g/mol. The first kappa shape index (κ1) is 20.2. The Balaban J connectivity index is 1.88. The average Bonchev–Trinajstić information content (AvgIpc) is 3.16. The van der Waals surface area contributed by atoms with E-state index in [1.54, 1.807) is 20.1 Å². The molecule has 0 saturated heterocycles. The van der Waals surface area contributed by atoms with Gasteiger partial charge in [0.2, 0.25) is 0 Å². The number of nitriles is 1. The van der Waals surface area contributed by atoms with Crippen LogP contribution in [0.3, 0.4) is 0 Å². The minimum atomic E-state index is -0.117. The van der Waals surface area contributed by atoms with Crippen LogP contribution in [0.4, 0.5) is 0 Å². The van der Waals surface area contributed by atoms with Gasteiger partial charge in [0.05, 0.1) is 24.4 Å². The van der Waals surface area contributed by atoms with Crippen LogP contribution in [0, 0.1) is 18.3 Å². The number of aromatic nitrogens is 2. The standard InChI is InChI=1S/C23H23N3O3/c1-15(27)10-20(21-13-25-26-16(21)2)17-8-9-22(23(11-17)28-3)29-14-19-7-5-4-6-18(19)12-24/h4-9,11,13,20H,10,14H2,1-3H3,(H,25,26). The molecule has 0 aliphatic rings. The number of H-pyrrole nitrogens is 1. The third kappa shape index (κ3) is 4.64. The molecule has 0 aliphatic heterocycles. The molecule has 1 N–H and O–H groups in total. The maximum absolute atomic E-state index is 11.9. The number of nitrogens with one attached hydrogen (secondary N) is 1. The highest BCUT2D eigenvalue weighted by Gasteiger charge is 2.21. The first-order valence-electron chi connectivity index (χ1n) is 9.32. The summed E-state index contributed by atoms with van der Waals surface area (Å²) in [6.45, 7) is 3.77. The van der Waals surface area contributed by atoms with Gasteiger partial charge in [0.1, 0.15) is 12.4 Å². The lowest BCUT2D eigenvalue weighted by atomic mass is 9.87. The zero-order valence-corrected chi connectivity index (χ0v) is 16.7. The third-order valence-corrected chi connectivity index (χ3v) is 4.85. The van der Waals surface area contributed by atoms with Gasteiger partial charge in [-0.25, -0.2) is 0 Å². The fourth-order valence-corrected chi connectivity index (χ4v) is 3.35. The molecular formula is C23H23N3O3. The van der Waals surface area contributed by atoms with E-state index in [1.807, 2.05) is 49.5 Å². The molecule has 0 fully saturated rings. The molecule has 6 nitrogen and oxygen atoms in total. The van der Waals surface area contributed by atoms with E-state index >= 15 is 0 Å². The van der Waals surface area contributed by atoms with Crippen LogP contribution in [0.15, 0.2) is 48.7 Å². The molecule has 1 atom stereocenters. The van der Waals surface area contributed by atoms with Gasteiger partial charge in [-0.15, -0.1) is 0 Å². The Bertz CT molecular complexity index is 1050. The highest BCUT2D eigenvalue weighted by atomic mass is 16.5. The first-order valence-corrected chi connectivity index (χ1v) is 9.32. The van der Waals surface area contributed by atoms with Crippen LogP contribution in [0.25, 0.3) is 0 Å². The second-order valence-electron chi connectivity index (χ2n) is 6.85. The van der Waals surface area contributed by atoms with Gasteiger partial charge in [0.15, 0.2) is 11.5 Å². The summed E-state index contributed by atoms with van der Waals surface area (Å²) in [5.74, 6) is 1.14. The summed E-state index contributed by atoms with van der Waals surface area (Å²) in [6.07, 6.45) is 2.21. The number of hydrogen-bond acceptors (Lipinski definition) is 5. The lowest BCUT2D eigenvalue weighted by Crippen LogP contribution is -2.08. The Morgan fingerprint density at radius 1 is 1.24 bits per heavy atom. The molecule has 0 amide bonds. The van der Waals surface area contributed by atoms with Crippen molar-refractivity contribution in [3.8, 4) is 17.6 Å². The maximum atomic E-state index is 11.9. The fraction of sp³-hybridized carbons (Fsp3) is 0.261. The Morgan fingerprint density at radius 2 is 2.03 bits per heavy atom. The molecule has 0 spiro atoms. The monoisotopic (exact) mass is 389 g/mol. The van der Waals surface area contributed by atoms with E-state index in [0.717, 1.165) is 22.4 Å². The molecule has 3 rings (SSSR count). The molecule has 0 radical (unpaired) electrons. The third-order valence-electron chi connectivity index (χ3n) is 4.85. The van der Waals surface area contributed by atoms with Crippen molar-refractivity contribution < 1.29 is 14.3 Å². The summed E-state index contributed by atoms with van der Waals surface area (Å²) in [5, 5.41) is 16.3. The average molecular weight is 389 g/mol. The minimum absolute atomic E-state index is 0.100. The van der Waals surface area contributed by atoms with Crippen molar-refractivity contribution in [3.63, 3.8) is 0 Å². The van der Waals surface area contributed by atoms with Gasteiger partial charge >= 0.3 is 0 Å². The highest BCUT2D eigenvalue weighted by Crippen LogP contribution is 2.36. The number of ether oxygens (including phenoxy) is 2. The normalized spacial score (nSPS) is 11.5.